The number of halogens is 3. The summed E-state index contributed by atoms with van der Waals surface area (Å²) in [6.45, 7) is 1.94. The molecule has 11 heteroatoms. The Morgan fingerprint density at radius 3 is 2.12 bits per heavy atom. The molecule has 1 N–H and O–H groups in total. The summed E-state index contributed by atoms with van der Waals surface area (Å²) in [5, 5.41) is 3.85. The van der Waals surface area contributed by atoms with Crippen molar-refractivity contribution in [2.75, 3.05) is 23.7 Å². The monoisotopic (exact) mass is 623 g/mol. The number of nitrogens with one attached hydrogen (secondary N) is 1. The van der Waals surface area contributed by atoms with E-state index in [0.29, 0.717) is 17.1 Å². The topological polar surface area (TPSA) is 86.8 Å². The zero-order chi connectivity index (χ0) is 29.3. The minimum Gasteiger partial charge on any atom is -0.354 e. The molecule has 3 aromatic rings. The number of sulfonamides is 1. The average Bonchev–Trinajstić information content (AvgIpc) is 2.88. The van der Waals surface area contributed by atoms with Crippen LogP contribution in [-0.4, -0.2) is 50.5 Å². The lowest BCUT2D eigenvalue weighted by Gasteiger charge is -2.33. The van der Waals surface area contributed by atoms with Crippen molar-refractivity contribution in [2.45, 2.75) is 38.8 Å². The van der Waals surface area contributed by atoms with Crippen molar-refractivity contribution in [2.24, 2.45) is 0 Å². The van der Waals surface area contributed by atoms with E-state index in [-0.39, 0.29) is 34.6 Å². The van der Waals surface area contributed by atoms with Gasteiger partial charge in [0.25, 0.3) is 0 Å². The van der Waals surface area contributed by atoms with Gasteiger partial charge in [0.1, 0.15) is 12.6 Å². The van der Waals surface area contributed by atoms with E-state index in [2.05, 4.69) is 5.32 Å². The van der Waals surface area contributed by atoms with Gasteiger partial charge in [-0.05, 0) is 47.9 Å². The molecule has 0 aliphatic heterocycles. The molecule has 0 unspecified atom stereocenters. The van der Waals surface area contributed by atoms with Gasteiger partial charge in [-0.1, -0.05) is 90.6 Å². The predicted octanol–water partition coefficient (Wildman–Crippen LogP) is 5.97. The number of nitrogens with zero attached hydrogens (tertiary/aromatic N) is 2. The number of carbonyl (C=O) groups excluding carboxylic acids is 2. The minimum absolute atomic E-state index is 0.0337. The lowest BCUT2D eigenvalue weighted by Crippen LogP contribution is -2.53. The summed E-state index contributed by atoms with van der Waals surface area (Å²) in [5.41, 5.74) is 1.68. The Kier molecular flexibility index (Phi) is 11.7. The first-order chi connectivity index (χ1) is 19.0. The highest BCUT2D eigenvalue weighted by Crippen LogP contribution is 2.27. The number of carbonyl (C=O) groups is 2. The van der Waals surface area contributed by atoms with Crippen LogP contribution in [0, 0.1) is 0 Å². The SMILES string of the molecule is CCCCNC(=O)[C@H](Cc1ccccc1)N(Cc1cccc(Cl)c1)C(=O)CN(c1cc(Cl)cc(Cl)c1)S(C)(=O)=O. The van der Waals surface area contributed by atoms with Gasteiger partial charge in [0.2, 0.25) is 21.8 Å². The van der Waals surface area contributed by atoms with Crippen LogP contribution in [0.1, 0.15) is 30.9 Å². The van der Waals surface area contributed by atoms with E-state index < -0.39 is 28.5 Å². The minimum atomic E-state index is -3.94. The summed E-state index contributed by atoms with van der Waals surface area (Å²) in [4.78, 5) is 29.0. The molecule has 40 heavy (non-hydrogen) atoms. The van der Waals surface area contributed by atoms with Gasteiger partial charge >= 0.3 is 0 Å². The first kappa shape index (κ1) is 31.7. The van der Waals surface area contributed by atoms with Gasteiger partial charge in [0, 0.05) is 34.6 Å². The van der Waals surface area contributed by atoms with E-state index in [9.17, 15) is 18.0 Å². The Morgan fingerprint density at radius 1 is 0.875 bits per heavy atom. The number of hydrogen-bond acceptors (Lipinski definition) is 4. The number of rotatable bonds is 13. The van der Waals surface area contributed by atoms with Crippen LogP contribution >= 0.6 is 34.8 Å². The molecule has 3 rings (SSSR count). The lowest BCUT2D eigenvalue weighted by atomic mass is 10.0. The molecule has 0 saturated heterocycles. The third kappa shape index (κ3) is 9.41. The van der Waals surface area contributed by atoms with E-state index in [1.54, 1.807) is 24.3 Å². The van der Waals surface area contributed by atoms with Gasteiger partial charge < -0.3 is 10.2 Å². The van der Waals surface area contributed by atoms with Crippen LogP contribution in [0.2, 0.25) is 15.1 Å². The van der Waals surface area contributed by atoms with Gasteiger partial charge in [-0.15, -0.1) is 0 Å². The van der Waals surface area contributed by atoms with Crippen molar-refractivity contribution < 1.29 is 18.0 Å². The van der Waals surface area contributed by atoms with E-state index >= 15 is 0 Å². The second-order valence-electron chi connectivity index (χ2n) is 9.40. The summed E-state index contributed by atoms with van der Waals surface area (Å²) in [7, 11) is -3.94. The molecule has 0 aliphatic carbocycles. The molecule has 0 aliphatic rings. The summed E-state index contributed by atoms with van der Waals surface area (Å²) in [5.74, 6) is -0.905. The van der Waals surface area contributed by atoms with Crippen LogP contribution in [0.5, 0.6) is 0 Å². The quantitative estimate of drug-likeness (QED) is 0.238. The maximum atomic E-state index is 14.0. The fraction of sp³-hybridized carbons (Fsp3) is 0.310. The molecular weight excluding hydrogens is 593 g/mol. The fourth-order valence-corrected chi connectivity index (χ4v) is 5.75. The van der Waals surface area contributed by atoms with Crippen LogP contribution in [0.15, 0.2) is 72.8 Å². The molecular formula is C29H32Cl3N3O4S. The van der Waals surface area contributed by atoms with Crippen molar-refractivity contribution in [3.05, 3.63) is 99.0 Å². The van der Waals surface area contributed by atoms with Gasteiger partial charge in [0.15, 0.2) is 0 Å². The molecule has 0 radical (unpaired) electrons. The Hall–Kier alpha value is -2.78. The van der Waals surface area contributed by atoms with Crippen molar-refractivity contribution >= 4 is 62.3 Å². The molecule has 0 bridgehead atoms. The molecule has 7 nitrogen and oxygen atoms in total. The Morgan fingerprint density at radius 2 is 1.52 bits per heavy atom. The van der Waals surface area contributed by atoms with Crippen LogP contribution in [0.25, 0.3) is 0 Å². The second kappa shape index (κ2) is 14.7. The van der Waals surface area contributed by atoms with Crippen molar-refractivity contribution in [3.8, 4) is 0 Å². The Bertz CT molecular complexity index is 1400. The zero-order valence-corrected chi connectivity index (χ0v) is 25.4. The fourth-order valence-electron chi connectivity index (χ4n) is 4.19. The molecule has 0 heterocycles. The summed E-state index contributed by atoms with van der Waals surface area (Å²) in [6.07, 6.45) is 2.89. The third-order valence-electron chi connectivity index (χ3n) is 6.16. The predicted molar refractivity (Wildman–Crippen MR) is 163 cm³/mol. The van der Waals surface area contributed by atoms with Crippen LogP contribution in [0.3, 0.4) is 0 Å². The van der Waals surface area contributed by atoms with E-state index in [0.717, 1.165) is 29.0 Å². The first-order valence-electron chi connectivity index (χ1n) is 12.8. The molecule has 0 aromatic heterocycles. The van der Waals surface area contributed by atoms with Crippen LogP contribution in [0.4, 0.5) is 5.69 Å². The van der Waals surface area contributed by atoms with E-state index in [1.165, 1.54) is 23.1 Å². The van der Waals surface area contributed by atoms with Crippen LogP contribution < -0.4 is 9.62 Å². The maximum Gasteiger partial charge on any atom is 0.244 e. The second-order valence-corrected chi connectivity index (χ2v) is 12.6. The zero-order valence-electron chi connectivity index (χ0n) is 22.3. The highest BCUT2D eigenvalue weighted by atomic mass is 35.5. The summed E-state index contributed by atoms with van der Waals surface area (Å²) in [6, 6.07) is 19.7. The summed E-state index contributed by atoms with van der Waals surface area (Å²) < 4.78 is 26.7. The van der Waals surface area contributed by atoms with Crippen molar-refractivity contribution in [3.63, 3.8) is 0 Å². The number of benzene rings is 3. The molecule has 214 valence electrons. The first-order valence-corrected chi connectivity index (χ1v) is 15.8. The molecule has 2 amide bonds. The van der Waals surface area contributed by atoms with Crippen molar-refractivity contribution in [1.29, 1.82) is 0 Å². The highest BCUT2D eigenvalue weighted by molar-refractivity contribution is 7.92. The number of anilines is 1. The van der Waals surface area contributed by atoms with Crippen LogP contribution in [-0.2, 0) is 32.6 Å². The largest absolute Gasteiger partial charge is 0.354 e. The van der Waals surface area contributed by atoms with Gasteiger partial charge in [-0.3, -0.25) is 13.9 Å². The maximum absolute atomic E-state index is 14.0. The van der Waals surface area contributed by atoms with Gasteiger partial charge in [-0.2, -0.15) is 0 Å². The van der Waals surface area contributed by atoms with Gasteiger partial charge in [0.05, 0.1) is 11.9 Å². The van der Waals surface area contributed by atoms with E-state index in [4.69, 9.17) is 34.8 Å². The molecule has 0 saturated carbocycles. The standard InChI is InChI=1S/C29H32Cl3N3O4S/c1-3-4-13-33-29(37)27(15-21-9-6-5-7-10-21)34(19-22-11-8-12-23(30)14-22)28(36)20-35(40(2,38)39)26-17-24(31)16-25(32)18-26/h5-12,14,16-18,27H,3-4,13,15,19-20H2,1-2H3,(H,33,37)/t27-/m0/s1. The molecule has 3 aromatic carbocycles. The third-order valence-corrected chi connectivity index (χ3v) is 7.97. The average molecular weight is 625 g/mol. The lowest BCUT2D eigenvalue weighted by molar-refractivity contribution is -0.140. The Balaban J connectivity index is 2.05. The molecule has 1 atom stereocenters. The Labute approximate surface area is 251 Å². The number of hydrogen-bond donors (Lipinski definition) is 1. The summed E-state index contributed by atoms with van der Waals surface area (Å²) >= 11 is 18.5. The normalized spacial score (nSPS) is 12.0. The number of amides is 2. The molecule has 0 spiro atoms. The molecule has 0 fully saturated rings. The van der Waals surface area contributed by atoms with Crippen molar-refractivity contribution in [1.82, 2.24) is 10.2 Å². The highest BCUT2D eigenvalue weighted by Gasteiger charge is 2.33. The number of unbranched alkanes of at least 4 members (excludes halogenated alkanes) is 1. The van der Waals surface area contributed by atoms with Gasteiger partial charge in [-0.25, -0.2) is 8.42 Å². The smallest absolute Gasteiger partial charge is 0.244 e. The van der Waals surface area contributed by atoms with E-state index in [1.807, 2.05) is 37.3 Å².